The molecule has 94 valence electrons. The summed E-state index contributed by atoms with van der Waals surface area (Å²) in [6, 6.07) is 10.00. The van der Waals surface area contributed by atoms with E-state index in [9.17, 15) is 9.00 Å². The highest BCUT2D eigenvalue weighted by Crippen LogP contribution is 2.17. The highest BCUT2D eigenvalue weighted by molar-refractivity contribution is 9.10. The molecule has 2 rings (SSSR count). The van der Waals surface area contributed by atoms with Crippen LogP contribution < -0.4 is 0 Å². The lowest BCUT2D eigenvalue weighted by Crippen LogP contribution is -1.96. The van der Waals surface area contributed by atoms with E-state index in [4.69, 9.17) is 9.52 Å². The average Bonchev–Trinajstić information content (AvgIpc) is 2.78. The molecule has 0 unspecified atom stereocenters. The molecule has 0 radical (unpaired) electrons. The Morgan fingerprint density at radius 1 is 1.22 bits per heavy atom. The summed E-state index contributed by atoms with van der Waals surface area (Å²) < 4.78 is 18.0. The van der Waals surface area contributed by atoms with Crippen LogP contribution in [0.2, 0.25) is 0 Å². The third kappa shape index (κ3) is 3.08. The minimum Gasteiger partial charge on any atom is -0.475 e. The zero-order valence-electron chi connectivity index (χ0n) is 9.13. The molecule has 0 spiro atoms. The first kappa shape index (κ1) is 13.0. The Morgan fingerprint density at radius 3 is 2.44 bits per heavy atom. The number of benzene rings is 1. The second-order valence-electron chi connectivity index (χ2n) is 3.51. The molecule has 18 heavy (non-hydrogen) atoms. The summed E-state index contributed by atoms with van der Waals surface area (Å²) in [6.07, 6.45) is 0. The average molecular weight is 329 g/mol. The Labute approximate surface area is 114 Å². The minimum absolute atomic E-state index is 0.141. The summed E-state index contributed by atoms with van der Waals surface area (Å²) in [7, 11) is -1.25. The number of carbonyl (C=O) groups is 1. The molecule has 0 amide bonds. The molecule has 2 aromatic rings. The van der Waals surface area contributed by atoms with Crippen molar-refractivity contribution in [3.05, 3.63) is 52.4 Å². The second kappa shape index (κ2) is 5.49. The molecule has 0 aliphatic heterocycles. The third-order valence-electron chi connectivity index (χ3n) is 2.22. The molecule has 1 aromatic heterocycles. The zero-order valence-corrected chi connectivity index (χ0v) is 11.5. The monoisotopic (exact) mass is 328 g/mol. The Balaban J connectivity index is 2.11. The first-order chi connectivity index (χ1) is 8.56. The fourth-order valence-corrected chi connectivity index (χ4v) is 2.65. The molecule has 6 heteroatoms. The normalized spacial score (nSPS) is 12.3. The van der Waals surface area contributed by atoms with E-state index in [1.165, 1.54) is 12.1 Å². The molecule has 0 fully saturated rings. The standard InChI is InChI=1S/C12H9BrO4S/c13-8-1-4-10(5-2-8)18(16)7-9-3-6-11(17-9)12(14)15/h1-6H,7H2,(H,14,15)/t18-/m0/s1. The number of hydrogen-bond acceptors (Lipinski definition) is 3. The van der Waals surface area contributed by atoms with Crippen molar-refractivity contribution in [2.24, 2.45) is 0 Å². The van der Waals surface area contributed by atoms with Gasteiger partial charge in [-0.15, -0.1) is 0 Å². The molecule has 0 saturated heterocycles. The molecule has 1 N–H and O–H groups in total. The molecule has 0 bridgehead atoms. The summed E-state index contributed by atoms with van der Waals surface area (Å²) in [5, 5.41) is 8.71. The van der Waals surface area contributed by atoms with Crippen molar-refractivity contribution >= 4 is 32.7 Å². The van der Waals surface area contributed by atoms with Crippen molar-refractivity contribution in [2.45, 2.75) is 10.6 Å². The van der Waals surface area contributed by atoms with Crippen molar-refractivity contribution in [1.29, 1.82) is 0 Å². The number of carboxylic acid groups (broad SMARTS) is 1. The number of furan rings is 1. The van der Waals surface area contributed by atoms with Gasteiger partial charge >= 0.3 is 5.97 Å². The van der Waals surface area contributed by atoms with E-state index in [2.05, 4.69) is 15.9 Å². The van der Waals surface area contributed by atoms with Gasteiger partial charge in [0.2, 0.25) is 5.76 Å². The van der Waals surface area contributed by atoms with E-state index in [0.29, 0.717) is 10.7 Å². The van der Waals surface area contributed by atoms with Gasteiger partial charge in [-0.25, -0.2) is 4.79 Å². The number of carboxylic acids is 1. The third-order valence-corrected chi connectivity index (χ3v) is 4.10. The Hall–Kier alpha value is -1.40. The van der Waals surface area contributed by atoms with Gasteiger partial charge in [0.15, 0.2) is 0 Å². The summed E-state index contributed by atoms with van der Waals surface area (Å²) in [5.41, 5.74) is 0. The maximum Gasteiger partial charge on any atom is 0.371 e. The smallest absolute Gasteiger partial charge is 0.371 e. The van der Waals surface area contributed by atoms with E-state index in [1.807, 2.05) is 0 Å². The maximum absolute atomic E-state index is 12.0. The second-order valence-corrected chi connectivity index (χ2v) is 5.88. The lowest BCUT2D eigenvalue weighted by atomic mass is 10.4. The summed E-state index contributed by atoms with van der Waals surface area (Å²) in [5.74, 6) is -0.711. The first-order valence-electron chi connectivity index (χ1n) is 5.02. The van der Waals surface area contributed by atoms with Gasteiger partial charge in [0.1, 0.15) is 5.76 Å². The number of rotatable bonds is 4. The largest absolute Gasteiger partial charge is 0.475 e. The van der Waals surface area contributed by atoms with Gasteiger partial charge in [0, 0.05) is 9.37 Å². The minimum atomic E-state index is -1.25. The van der Waals surface area contributed by atoms with Crippen molar-refractivity contribution in [2.75, 3.05) is 0 Å². The van der Waals surface area contributed by atoms with Crippen molar-refractivity contribution in [3.8, 4) is 0 Å². The van der Waals surface area contributed by atoms with Crippen LogP contribution in [0.3, 0.4) is 0 Å². The lowest BCUT2D eigenvalue weighted by molar-refractivity contribution is 0.0661. The van der Waals surface area contributed by atoms with Gasteiger partial charge in [0.25, 0.3) is 0 Å². The molecule has 0 saturated carbocycles. The predicted molar refractivity (Wildman–Crippen MR) is 69.9 cm³/mol. The fraction of sp³-hybridized carbons (Fsp3) is 0.0833. The summed E-state index contributed by atoms with van der Waals surface area (Å²) in [4.78, 5) is 11.3. The summed E-state index contributed by atoms with van der Waals surface area (Å²) >= 11 is 3.30. The van der Waals surface area contributed by atoms with Crippen LogP contribution in [0.5, 0.6) is 0 Å². The molecule has 4 nitrogen and oxygen atoms in total. The Bertz CT molecular complexity index is 588. The highest BCUT2D eigenvalue weighted by Gasteiger charge is 2.12. The van der Waals surface area contributed by atoms with Crippen molar-refractivity contribution in [3.63, 3.8) is 0 Å². The first-order valence-corrected chi connectivity index (χ1v) is 7.13. The van der Waals surface area contributed by atoms with Gasteiger partial charge in [-0.3, -0.25) is 4.21 Å². The van der Waals surface area contributed by atoms with Gasteiger partial charge in [0.05, 0.1) is 16.6 Å². The molecular formula is C12H9BrO4S. The van der Waals surface area contributed by atoms with Gasteiger partial charge < -0.3 is 9.52 Å². The van der Waals surface area contributed by atoms with E-state index in [-0.39, 0.29) is 11.5 Å². The van der Waals surface area contributed by atoms with Crippen molar-refractivity contribution in [1.82, 2.24) is 0 Å². The van der Waals surface area contributed by atoms with E-state index in [0.717, 1.165) is 4.47 Å². The van der Waals surface area contributed by atoms with Crippen LogP contribution in [0.25, 0.3) is 0 Å². The van der Waals surface area contributed by atoms with E-state index < -0.39 is 16.8 Å². The quantitative estimate of drug-likeness (QED) is 0.936. The highest BCUT2D eigenvalue weighted by atomic mass is 79.9. The van der Waals surface area contributed by atoms with Gasteiger partial charge in [-0.05, 0) is 36.4 Å². The van der Waals surface area contributed by atoms with E-state index in [1.54, 1.807) is 24.3 Å². The molecule has 1 atom stereocenters. The maximum atomic E-state index is 12.0. The molecule has 0 aliphatic rings. The van der Waals surface area contributed by atoms with E-state index >= 15 is 0 Å². The van der Waals surface area contributed by atoms with Crippen LogP contribution in [-0.2, 0) is 16.6 Å². The SMILES string of the molecule is O=C(O)c1ccc(C[S@](=O)c2ccc(Br)cc2)o1. The molecule has 0 aliphatic carbocycles. The topological polar surface area (TPSA) is 67.5 Å². The fourth-order valence-electron chi connectivity index (χ4n) is 1.37. The molecular weight excluding hydrogens is 320 g/mol. The van der Waals surface area contributed by atoms with Gasteiger partial charge in [-0.1, -0.05) is 15.9 Å². The number of halogens is 1. The molecule has 1 heterocycles. The van der Waals surface area contributed by atoms with Crippen LogP contribution in [-0.4, -0.2) is 15.3 Å². The zero-order chi connectivity index (χ0) is 13.1. The van der Waals surface area contributed by atoms with Crippen molar-refractivity contribution < 1.29 is 18.5 Å². The Morgan fingerprint density at radius 2 is 1.89 bits per heavy atom. The van der Waals surface area contributed by atoms with Gasteiger partial charge in [-0.2, -0.15) is 0 Å². The van der Waals surface area contributed by atoms with Crippen LogP contribution >= 0.6 is 15.9 Å². The number of aromatic carboxylic acids is 1. The van der Waals surface area contributed by atoms with Crippen LogP contribution in [0.4, 0.5) is 0 Å². The predicted octanol–water partition coefficient (Wildman–Crippen LogP) is 3.05. The van der Waals surface area contributed by atoms with Crippen LogP contribution in [0.1, 0.15) is 16.3 Å². The lowest BCUT2D eigenvalue weighted by Gasteiger charge is -2.00. The number of hydrogen-bond donors (Lipinski definition) is 1. The van der Waals surface area contributed by atoms with Crippen LogP contribution in [0, 0.1) is 0 Å². The van der Waals surface area contributed by atoms with Crippen LogP contribution in [0.15, 0.2) is 50.2 Å². The summed E-state index contributed by atoms with van der Waals surface area (Å²) in [6.45, 7) is 0. The molecule has 1 aromatic carbocycles. The Kier molecular flexibility index (Phi) is 3.98.